The van der Waals surface area contributed by atoms with Gasteiger partial charge >= 0.3 is 0 Å². The first-order valence-electron chi connectivity index (χ1n) is 6.02. The summed E-state index contributed by atoms with van der Waals surface area (Å²) in [6.45, 7) is 1.94. The normalized spacial score (nSPS) is 12.7. The van der Waals surface area contributed by atoms with Gasteiger partial charge in [0.05, 0.1) is 5.69 Å². The van der Waals surface area contributed by atoms with Crippen molar-refractivity contribution in [2.75, 3.05) is 5.33 Å². The minimum Gasteiger partial charge on any atom is -0.257 e. The molecule has 1 heterocycles. The lowest BCUT2D eigenvalue weighted by atomic mass is 9.94. The lowest BCUT2D eigenvalue weighted by Gasteiger charge is -2.14. The Labute approximate surface area is 125 Å². The highest BCUT2D eigenvalue weighted by atomic mass is 79.9. The Kier molecular flexibility index (Phi) is 4.63. The van der Waals surface area contributed by atoms with Crippen molar-refractivity contribution in [3.63, 3.8) is 0 Å². The highest BCUT2D eigenvalue weighted by molar-refractivity contribution is 9.09. The molecule has 19 heavy (non-hydrogen) atoms. The van der Waals surface area contributed by atoms with Crippen LogP contribution in [0, 0.1) is 12.7 Å². The first-order valence-corrected chi connectivity index (χ1v) is 7.52. The van der Waals surface area contributed by atoms with Crippen LogP contribution in [0.3, 0.4) is 0 Å². The monoisotopic (exact) mass is 344 g/mol. The van der Waals surface area contributed by atoms with Gasteiger partial charge in [-0.05, 0) is 37.0 Å². The molecule has 1 aromatic heterocycles. The molecule has 0 saturated carbocycles. The third-order valence-electron chi connectivity index (χ3n) is 3.23. The molecule has 0 aliphatic rings. The number of aromatic nitrogens is 2. The molecule has 0 bridgehead atoms. The van der Waals surface area contributed by atoms with Gasteiger partial charge in [-0.3, -0.25) is 4.68 Å². The minimum absolute atomic E-state index is 0.177. The lowest BCUT2D eigenvalue weighted by Crippen LogP contribution is -2.06. The topological polar surface area (TPSA) is 17.8 Å². The van der Waals surface area contributed by atoms with Crippen molar-refractivity contribution >= 4 is 27.5 Å². The van der Waals surface area contributed by atoms with Crippen LogP contribution in [0.25, 0.3) is 0 Å². The second-order valence-electron chi connectivity index (χ2n) is 4.59. The SMILES string of the molecule is Cc1nn(C)c(Cl)c1CC(CBr)c1cccc(F)c1. The first-order chi connectivity index (χ1) is 9.02. The van der Waals surface area contributed by atoms with Crippen molar-refractivity contribution in [3.05, 3.63) is 52.1 Å². The number of alkyl halides is 1. The van der Waals surface area contributed by atoms with E-state index in [1.807, 2.05) is 20.0 Å². The third kappa shape index (κ3) is 3.18. The second kappa shape index (κ2) is 6.06. The highest BCUT2D eigenvalue weighted by Gasteiger charge is 2.18. The van der Waals surface area contributed by atoms with E-state index in [-0.39, 0.29) is 11.7 Å². The molecule has 2 rings (SSSR count). The standard InChI is InChI=1S/C14H15BrClFN2/c1-9-13(14(16)19(2)18-9)7-11(8-15)10-4-3-5-12(17)6-10/h3-6,11H,7-8H2,1-2H3. The molecule has 2 aromatic rings. The summed E-state index contributed by atoms with van der Waals surface area (Å²) in [7, 11) is 1.82. The maximum absolute atomic E-state index is 13.3. The van der Waals surface area contributed by atoms with Gasteiger partial charge in [-0.25, -0.2) is 4.39 Å². The molecular formula is C14H15BrClFN2. The Bertz CT molecular complexity index is 583. The zero-order valence-corrected chi connectivity index (χ0v) is 13.2. The van der Waals surface area contributed by atoms with Crippen LogP contribution in [-0.4, -0.2) is 15.1 Å². The molecule has 0 spiro atoms. The number of halogens is 3. The van der Waals surface area contributed by atoms with E-state index in [0.29, 0.717) is 5.15 Å². The van der Waals surface area contributed by atoms with E-state index in [2.05, 4.69) is 21.0 Å². The zero-order chi connectivity index (χ0) is 14.0. The maximum atomic E-state index is 13.3. The fourth-order valence-corrected chi connectivity index (χ4v) is 3.03. The van der Waals surface area contributed by atoms with Crippen LogP contribution in [0.1, 0.15) is 22.7 Å². The molecule has 5 heteroatoms. The zero-order valence-electron chi connectivity index (χ0n) is 10.8. The molecule has 1 atom stereocenters. The third-order valence-corrected chi connectivity index (χ3v) is 4.48. The van der Waals surface area contributed by atoms with Gasteiger partial charge in [0.2, 0.25) is 0 Å². The quantitative estimate of drug-likeness (QED) is 0.758. The van der Waals surface area contributed by atoms with Crippen LogP contribution in [0.2, 0.25) is 5.15 Å². The van der Waals surface area contributed by atoms with Crippen LogP contribution in [-0.2, 0) is 13.5 Å². The number of rotatable bonds is 4. The molecule has 0 amide bonds. The smallest absolute Gasteiger partial charge is 0.130 e. The van der Waals surface area contributed by atoms with E-state index in [1.165, 1.54) is 6.07 Å². The Morgan fingerprint density at radius 2 is 2.21 bits per heavy atom. The molecule has 0 radical (unpaired) electrons. The second-order valence-corrected chi connectivity index (χ2v) is 5.59. The van der Waals surface area contributed by atoms with Crippen molar-refractivity contribution in [1.82, 2.24) is 9.78 Å². The predicted molar refractivity (Wildman–Crippen MR) is 79.6 cm³/mol. The molecule has 1 unspecified atom stereocenters. The van der Waals surface area contributed by atoms with Crippen LogP contribution in [0.4, 0.5) is 4.39 Å². The summed E-state index contributed by atoms with van der Waals surface area (Å²) in [5, 5.41) is 5.71. The molecule has 0 saturated heterocycles. The van der Waals surface area contributed by atoms with E-state index in [0.717, 1.165) is 28.6 Å². The van der Waals surface area contributed by atoms with Gasteiger partial charge in [0.1, 0.15) is 11.0 Å². The van der Waals surface area contributed by atoms with Gasteiger partial charge in [0.15, 0.2) is 0 Å². The van der Waals surface area contributed by atoms with E-state index >= 15 is 0 Å². The van der Waals surface area contributed by atoms with Gasteiger partial charge in [0, 0.05) is 17.9 Å². The summed E-state index contributed by atoms with van der Waals surface area (Å²) in [6.07, 6.45) is 0.743. The van der Waals surface area contributed by atoms with Gasteiger partial charge in [0.25, 0.3) is 0 Å². The van der Waals surface area contributed by atoms with Crippen molar-refractivity contribution in [2.24, 2.45) is 7.05 Å². The average Bonchev–Trinajstić information content (AvgIpc) is 2.61. The van der Waals surface area contributed by atoms with Crippen LogP contribution in [0.5, 0.6) is 0 Å². The fourth-order valence-electron chi connectivity index (χ4n) is 2.17. The largest absolute Gasteiger partial charge is 0.257 e. The Balaban J connectivity index is 2.29. The van der Waals surface area contributed by atoms with E-state index in [1.54, 1.807) is 16.8 Å². The summed E-state index contributed by atoms with van der Waals surface area (Å²) >= 11 is 9.74. The van der Waals surface area contributed by atoms with E-state index < -0.39 is 0 Å². The molecule has 1 aromatic carbocycles. The average molecular weight is 346 g/mol. The van der Waals surface area contributed by atoms with Gasteiger partial charge in [-0.15, -0.1) is 0 Å². The number of hydrogen-bond donors (Lipinski definition) is 0. The Morgan fingerprint density at radius 3 is 2.74 bits per heavy atom. The first kappa shape index (κ1) is 14.5. The van der Waals surface area contributed by atoms with Crippen LogP contribution in [0.15, 0.2) is 24.3 Å². The van der Waals surface area contributed by atoms with Crippen LogP contribution >= 0.6 is 27.5 Å². The number of benzene rings is 1. The summed E-state index contributed by atoms with van der Waals surface area (Å²) in [6, 6.07) is 6.70. The Hall–Kier alpha value is -0.870. The summed E-state index contributed by atoms with van der Waals surface area (Å²) in [5.41, 5.74) is 2.92. The maximum Gasteiger partial charge on any atom is 0.130 e. The van der Waals surface area contributed by atoms with Crippen LogP contribution < -0.4 is 0 Å². The van der Waals surface area contributed by atoms with Gasteiger partial charge < -0.3 is 0 Å². The van der Waals surface area contributed by atoms with Gasteiger partial charge in [-0.2, -0.15) is 5.10 Å². The fraction of sp³-hybridized carbons (Fsp3) is 0.357. The number of aryl methyl sites for hydroxylation is 2. The van der Waals surface area contributed by atoms with E-state index in [4.69, 9.17) is 11.6 Å². The Morgan fingerprint density at radius 1 is 1.47 bits per heavy atom. The highest BCUT2D eigenvalue weighted by Crippen LogP contribution is 2.28. The van der Waals surface area contributed by atoms with Gasteiger partial charge in [-0.1, -0.05) is 39.7 Å². The van der Waals surface area contributed by atoms with E-state index in [9.17, 15) is 4.39 Å². The summed E-state index contributed by atoms with van der Waals surface area (Å²) in [4.78, 5) is 0. The van der Waals surface area contributed by atoms with Crippen molar-refractivity contribution in [2.45, 2.75) is 19.3 Å². The minimum atomic E-state index is -0.211. The molecule has 0 N–H and O–H groups in total. The number of nitrogens with zero attached hydrogens (tertiary/aromatic N) is 2. The molecule has 0 fully saturated rings. The van der Waals surface area contributed by atoms with Crippen molar-refractivity contribution in [1.29, 1.82) is 0 Å². The predicted octanol–water partition coefficient (Wildman–Crippen LogP) is 4.24. The summed E-state index contributed by atoms with van der Waals surface area (Å²) in [5.74, 6) is -0.0337. The number of hydrogen-bond acceptors (Lipinski definition) is 1. The molecule has 102 valence electrons. The molecule has 0 aliphatic carbocycles. The van der Waals surface area contributed by atoms with Crippen molar-refractivity contribution < 1.29 is 4.39 Å². The van der Waals surface area contributed by atoms with Crippen molar-refractivity contribution in [3.8, 4) is 0 Å². The molecular weight excluding hydrogens is 331 g/mol. The summed E-state index contributed by atoms with van der Waals surface area (Å²) < 4.78 is 15.0. The molecule has 2 nitrogen and oxygen atoms in total. The lowest BCUT2D eigenvalue weighted by molar-refractivity contribution is 0.621. The molecule has 0 aliphatic heterocycles.